The molecule has 1 amide bonds. The lowest BCUT2D eigenvalue weighted by atomic mass is 9.98. The van der Waals surface area contributed by atoms with Crippen LogP contribution in [0.4, 0.5) is 0 Å². The van der Waals surface area contributed by atoms with Gasteiger partial charge >= 0.3 is 0 Å². The summed E-state index contributed by atoms with van der Waals surface area (Å²) in [6.07, 6.45) is 5.06. The summed E-state index contributed by atoms with van der Waals surface area (Å²) in [5.74, 6) is 0.911. The van der Waals surface area contributed by atoms with Crippen molar-refractivity contribution in [2.75, 3.05) is 13.2 Å². The molecule has 3 atom stereocenters. The Morgan fingerprint density at radius 1 is 1.25 bits per heavy atom. The van der Waals surface area contributed by atoms with E-state index in [1.807, 2.05) is 23.1 Å². The first-order chi connectivity index (χ1) is 9.81. The molecule has 2 aliphatic rings. The summed E-state index contributed by atoms with van der Waals surface area (Å²) >= 11 is 0. The highest BCUT2D eigenvalue weighted by Gasteiger charge is 2.46. The van der Waals surface area contributed by atoms with Crippen LogP contribution in [0.3, 0.4) is 0 Å². The maximum atomic E-state index is 12.7. The summed E-state index contributed by atoms with van der Waals surface area (Å²) in [6.45, 7) is 1.06. The molecule has 1 aromatic carbocycles. The molecule has 1 saturated carbocycles. The smallest absolute Gasteiger partial charge is 0.226 e. The number of amides is 1. The fourth-order valence-corrected chi connectivity index (χ4v) is 3.49. The number of rotatable bonds is 4. The summed E-state index contributed by atoms with van der Waals surface area (Å²) in [6, 6.07) is 10.6. The highest BCUT2D eigenvalue weighted by molar-refractivity contribution is 5.83. The van der Waals surface area contributed by atoms with Gasteiger partial charge in [0.15, 0.2) is 0 Å². The molecule has 1 N–H and O–H groups in total. The normalized spacial score (nSPS) is 29.2. The van der Waals surface area contributed by atoms with Crippen molar-refractivity contribution in [1.82, 2.24) is 4.90 Å². The molecule has 20 heavy (non-hydrogen) atoms. The van der Waals surface area contributed by atoms with Crippen molar-refractivity contribution in [1.29, 1.82) is 0 Å². The zero-order valence-electron chi connectivity index (χ0n) is 11.9. The van der Waals surface area contributed by atoms with Crippen LogP contribution < -0.4 is 0 Å². The second-order valence-corrected chi connectivity index (χ2v) is 6.05. The largest absolute Gasteiger partial charge is 0.396 e. The van der Waals surface area contributed by atoms with Gasteiger partial charge in [0.05, 0.1) is 0 Å². The SMILES string of the molecule is O=C(C1CC1c1ccccc1)N1CCCCC1CCO. The van der Waals surface area contributed by atoms with E-state index in [4.69, 9.17) is 5.11 Å². The predicted molar refractivity (Wildman–Crippen MR) is 78.3 cm³/mol. The van der Waals surface area contributed by atoms with E-state index in [0.717, 1.165) is 32.2 Å². The summed E-state index contributed by atoms with van der Waals surface area (Å²) < 4.78 is 0. The second-order valence-electron chi connectivity index (χ2n) is 6.05. The van der Waals surface area contributed by atoms with Gasteiger partial charge in [0, 0.05) is 25.1 Å². The molecule has 1 aliphatic carbocycles. The number of piperidine rings is 1. The molecule has 1 heterocycles. The minimum Gasteiger partial charge on any atom is -0.396 e. The highest BCUT2D eigenvalue weighted by atomic mass is 16.3. The summed E-state index contributed by atoms with van der Waals surface area (Å²) in [4.78, 5) is 14.7. The number of aliphatic hydroxyl groups is 1. The van der Waals surface area contributed by atoms with E-state index >= 15 is 0 Å². The minimum atomic E-state index is 0.177. The first-order valence-corrected chi connectivity index (χ1v) is 7.77. The molecular formula is C17H23NO2. The molecule has 1 aliphatic heterocycles. The zero-order chi connectivity index (χ0) is 13.9. The fraction of sp³-hybridized carbons (Fsp3) is 0.588. The quantitative estimate of drug-likeness (QED) is 0.916. The third-order valence-electron chi connectivity index (χ3n) is 4.71. The van der Waals surface area contributed by atoms with Crippen LogP contribution in [-0.4, -0.2) is 35.1 Å². The number of carbonyl (C=O) groups is 1. The number of likely N-dealkylation sites (tertiary alicyclic amines) is 1. The van der Waals surface area contributed by atoms with Gasteiger partial charge in [0.2, 0.25) is 5.91 Å². The van der Waals surface area contributed by atoms with Crippen molar-refractivity contribution < 1.29 is 9.90 Å². The molecule has 3 heteroatoms. The minimum absolute atomic E-state index is 0.177. The molecule has 2 fully saturated rings. The number of hydrogen-bond acceptors (Lipinski definition) is 2. The van der Waals surface area contributed by atoms with Crippen LogP contribution in [0, 0.1) is 5.92 Å². The third kappa shape index (κ3) is 2.73. The first kappa shape index (κ1) is 13.6. The van der Waals surface area contributed by atoms with Crippen molar-refractivity contribution in [3.8, 4) is 0 Å². The van der Waals surface area contributed by atoms with E-state index in [9.17, 15) is 4.79 Å². The van der Waals surface area contributed by atoms with Gasteiger partial charge in [-0.2, -0.15) is 0 Å². The molecular weight excluding hydrogens is 250 g/mol. The Hall–Kier alpha value is -1.35. The molecule has 1 aromatic rings. The second kappa shape index (κ2) is 5.96. The third-order valence-corrected chi connectivity index (χ3v) is 4.71. The molecule has 3 unspecified atom stereocenters. The van der Waals surface area contributed by atoms with Gasteiger partial charge in [-0.3, -0.25) is 4.79 Å². The van der Waals surface area contributed by atoms with Gasteiger partial charge in [-0.05, 0) is 43.6 Å². The van der Waals surface area contributed by atoms with Crippen LogP contribution in [0.5, 0.6) is 0 Å². The van der Waals surface area contributed by atoms with E-state index < -0.39 is 0 Å². The van der Waals surface area contributed by atoms with E-state index in [1.54, 1.807) is 0 Å². The van der Waals surface area contributed by atoms with Gasteiger partial charge in [-0.1, -0.05) is 30.3 Å². The molecule has 0 radical (unpaired) electrons. The van der Waals surface area contributed by atoms with Crippen molar-refractivity contribution in [2.24, 2.45) is 5.92 Å². The van der Waals surface area contributed by atoms with Gasteiger partial charge in [-0.25, -0.2) is 0 Å². The van der Waals surface area contributed by atoms with E-state index in [-0.39, 0.29) is 18.6 Å². The average molecular weight is 273 g/mol. The Morgan fingerprint density at radius 3 is 2.80 bits per heavy atom. The lowest BCUT2D eigenvalue weighted by molar-refractivity contribution is -0.136. The van der Waals surface area contributed by atoms with Gasteiger partial charge in [0.1, 0.15) is 0 Å². The standard InChI is InChI=1S/C17H23NO2/c19-11-9-14-8-4-5-10-18(14)17(20)16-12-15(16)13-6-2-1-3-7-13/h1-3,6-7,14-16,19H,4-5,8-12H2. The molecule has 0 spiro atoms. The van der Waals surface area contributed by atoms with Crippen LogP contribution in [0.25, 0.3) is 0 Å². The Morgan fingerprint density at radius 2 is 2.05 bits per heavy atom. The monoisotopic (exact) mass is 273 g/mol. The molecule has 0 aromatic heterocycles. The lowest BCUT2D eigenvalue weighted by Gasteiger charge is -2.36. The number of carbonyl (C=O) groups excluding carboxylic acids is 1. The number of aliphatic hydroxyl groups excluding tert-OH is 1. The van der Waals surface area contributed by atoms with Gasteiger partial charge < -0.3 is 10.0 Å². The van der Waals surface area contributed by atoms with Crippen LogP contribution in [0.15, 0.2) is 30.3 Å². The summed E-state index contributed by atoms with van der Waals surface area (Å²) in [5.41, 5.74) is 1.29. The molecule has 3 rings (SSSR count). The van der Waals surface area contributed by atoms with Crippen LogP contribution in [0.2, 0.25) is 0 Å². The fourth-order valence-electron chi connectivity index (χ4n) is 3.49. The Balaban J connectivity index is 1.64. The van der Waals surface area contributed by atoms with E-state index in [0.29, 0.717) is 11.8 Å². The molecule has 0 bridgehead atoms. The van der Waals surface area contributed by atoms with Crippen molar-refractivity contribution in [2.45, 2.75) is 44.1 Å². The van der Waals surface area contributed by atoms with Crippen LogP contribution in [-0.2, 0) is 4.79 Å². The zero-order valence-corrected chi connectivity index (χ0v) is 11.9. The topological polar surface area (TPSA) is 40.5 Å². The van der Waals surface area contributed by atoms with E-state index in [2.05, 4.69) is 12.1 Å². The Bertz CT molecular complexity index is 457. The Kier molecular flexibility index (Phi) is 4.06. The van der Waals surface area contributed by atoms with Crippen molar-refractivity contribution >= 4 is 5.91 Å². The predicted octanol–water partition coefficient (Wildman–Crippen LogP) is 2.55. The average Bonchev–Trinajstić information content (AvgIpc) is 3.29. The number of benzene rings is 1. The molecule has 3 nitrogen and oxygen atoms in total. The van der Waals surface area contributed by atoms with Crippen LogP contribution in [0.1, 0.15) is 43.6 Å². The van der Waals surface area contributed by atoms with Gasteiger partial charge in [0.25, 0.3) is 0 Å². The molecule has 1 saturated heterocycles. The first-order valence-electron chi connectivity index (χ1n) is 7.77. The number of hydrogen-bond donors (Lipinski definition) is 1. The number of nitrogens with zero attached hydrogens (tertiary/aromatic N) is 1. The maximum absolute atomic E-state index is 12.7. The van der Waals surface area contributed by atoms with Gasteiger partial charge in [-0.15, -0.1) is 0 Å². The summed E-state index contributed by atoms with van der Waals surface area (Å²) in [7, 11) is 0. The lowest BCUT2D eigenvalue weighted by Crippen LogP contribution is -2.45. The highest BCUT2D eigenvalue weighted by Crippen LogP contribution is 2.49. The molecule has 108 valence electrons. The van der Waals surface area contributed by atoms with Crippen molar-refractivity contribution in [3.05, 3.63) is 35.9 Å². The summed E-state index contributed by atoms with van der Waals surface area (Å²) in [5, 5.41) is 9.16. The Labute approximate surface area is 120 Å². The van der Waals surface area contributed by atoms with E-state index in [1.165, 1.54) is 12.0 Å². The van der Waals surface area contributed by atoms with Crippen molar-refractivity contribution in [3.63, 3.8) is 0 Å². The maximum Gasteiger partial charge on any atom is 0.226 e. The van der Waals surface area contributed by atoms with Crippen LogP contribution >= 0.6 is 0 Å².